The summed E-state index contributed by atoms with van der Waals surface area (Å²) in [7, 11) is 1.62. The number of aliphatic carboxylic acids is 1. The fourth-order valence-corrected chi connectivity index (χ4v) is 2.07. The number of benzene rings is 1. The minimum Gasteiger partial charge on any atom is -0.497 e. The summed E-state index contributed by atoms with van der Waals surface area (Å²) in [5.41, 5.74) is 1.92. The molecule has 0 spiro atoms. The van der Waals surface area contributed by atoms with Crippen molar-refractivity contribution in [3.05, 3.63) is 35.9 Å². The SMILES string of the molecule is COc1ccc(/C(=C/C(=O)O)C2CCC2)cc1. The maximum atomic E-state index is 10.8. The standard InChI is InChI=1S/C14H16O3/c1-17-12-7-5-11(6-8-12)13(9-14(15)16)10-3-2-4-10/h5-10H,2-4H2,1H3,(H,15,16)/b13-9+. The van der Waals surface area contributed by atoms with Gasteiger partial charge in [-0.3, -0.25) is 0 Å². The predicted octanol–water partition coefficient (Wildman–Crippen LogP) is 2.96. The van der Waals surface area contributed by atoms with Crippen molar-refractivity contribution in [3.8, 4) is 5.75 Å². The quantitative estimate of drug-likeness (QED) is 0.812. The molecule has 1 fully saturated rings. The maximum absolute atomic E-state index is 10.8. The minimum atomic E-state index is -0.872. The van der Waals surface area contributed by atoms with E-state index in [0.717, 1.165) is 29.7 Å². The Morgan fingerprint density at radius 3 is 2.41 bits per heavy atom. The van der Waals surface area contributed by atoms with Crippen LogP contribution in [0.1, 0.15) is 24.8 Å². The summed E-state index contributed by atoms with van der Waals surface area (Å²) in [6, 6.07) is 7.57. The van der Waals surface area contributed by atoms with Crippen molar-refractivity contribution in [1.82, 2.24) is 0 Å². The van der Waals surface area contributed by atoms with Gasteiger partial charge in [0.15, 0.2) is 0 Å². The second-order valence-corrected chi connectivity index (χ2v) is 4.29. The highest BCUT2D eigenvalue weighted by Gasteiger charge is 2.23. The van der Waals surface area contributed by atoms with Crippen LogP contribution in [-0.4, -0.2) is 18.2 Å². The second-order valence-electron chi connectivity index (χ2n) is 4.29. The van der Waals surface area contributed by atoms with Crippen LogP contribution in [0.15, 0.2) is 30.3 Å². The third-order valence-corrected chi connectivity index (χ3v) is 3.25. The first-order valence-corrected chi connectivity index (χ1v) is 5.79. The molecule has 0 amide bonds. The number of carbonyl (C=O) groups is 1. The summed E-state index contributed by atoms with van der Waals surface area (Å²) in [5, 5.41) is 8.91. The highest BCUT2D eigenvalue weighted by Crippen LogP contribution is 2.38. The van der Waals surface area contributed by atoms with Crippen LogP contribution in [0.4, 0.5) is 0 Å². The first-order valence-electron chi connectivity index (χ1n) is 5.79. The van der Waals surface area contributed by atoms with Gasteiger partial charge in [0.1, 0.15) is 5.75 Å². The number of rotatable bonds is 4. The molecule has 90 valence electrons. The normalized spacial score (nSPS) is 16.4. The lowest BCUT2D eigenvalue weighted by molar-refractivity contribution is -0.131. The fourth-order valence-electron chi connectivity index (χ4n) is 2.07. The second kappa shape index (κ2) is 5.04. The van der Waals surface area contributed by atoms with Gasteiger partial charge >= 0.3 is 5.97 Å². The van der Waals surface area contributed by atoms with Crippen molar-refractivity contribution >= 4 is 11.5 Å². The molecule has 0 radical (unpaired) electrons. The van der Waals surface area contributed by atoms with E-state index in [1.807, 2.05) is 24.3 Å². The van der Waals surface area contributed by atoms with E-state index in [2.05, 4.69) is 0 Å². The average molecular weight is 232 g/mol. The van der Waals surface area contributed by atoms with E-state index in [-0.39, 0.29) is 0 Å². The van der Waals surface area contributed by atoms with Gasteiger partial charge in [0.25, 0.3) is 0 Å². The fraction of sp³-hybridized carbons (Fsp3) is 0.357. The molecule has 0 heterocycles. The van der Waals surface area contributed by atoms with Crippen molar-refractivity contribution in [2.24, 2.45) is 5.92 Å². The molecule has 1 aliphatic carbocycles. The number of allylic oxidation sites excluding steroid dienone is 1. The Morgan fingerprint density at radius 2 is 2.00 bits per heavy atom. The Kier molecular flexibility index (Phi) is 3.47. The molecule has 0 aliphatic heterocycles. The van der Waals surface area contributed by atoms with Crippen LogP contribution in [0.3, 0.4) is 0 Å². The van der Waals surface area contributed by atoms with Crippen molar-refractivity contribution in [2.75, 3.05) is 7.11 Å². The van der Waals surface area contributed by atoms with Gasteiger partial charge in [0.2, 0.25) is 0 Å². The highest BCUT2D eigenvalue weighted by atomic mass is 16.5. The third-order valence-electron chi connectivity index (χ3n) is 3.25. The van der Waals surface area contributed by atoms with Crippen LogP contribution < -0.4 is 4.74 Å². The number of carboxylic acid groups (broad SMARTS) is 1. The van der Waals surface area contributed by atoms with Gasteiger partial charge in [0, 0.05) is 6.08 Å². The van der Waals surface area contributed by atoms with Gasteiger partial charge in [0.05, 0.1) is 7.11 Å². The zero-order chi connectivity index (χ0) is 12.3. The highest BCUT2D eigenvalue weighted by molar-refractivity contribution is 5.90. The van der Waals surface area contributed by atoms with Crippen LogP contribution in [0, 0.1) is 5.92 Å². The number of ether oxygens (including phenoxy) is 1. The van der Waals surface area contributed by atoms with E-state index >= 15 is 0 Å². The van der Waals surface area contributed by atoms with Crippen molar-refractivity contribution < 1.29 is 14.6 Å². The lowest BCUT2D eigenvalue weighted by Gasteiger charge is -2.28. The van der Waals surface area contributed by atoms with Crippen molar-refractivity contribution in [3.63, 3.8) is 0 Å². The minimum absolute atomic E-state index is 0.402. The van der Waals surface area contributed by atoms with E-state index in [1.54, 1.807) is 7.11 Å². The largest absolute Gasteiger partial charge is 0.497 e. The molecule has 1 saturated carbocycles. The molecule has 1 aromatic carbocycles. The van der Waals surface area contributed by atoms with Crippen molar-refractivity contribution in [2.45, 2.75) is 19.3 Å². The maximum Gasteiger partial charge on any atom is 0.328 e. The van der Waals surface area contributed by atoms with Crippen molar-refractivity contribution in [1.29, 1.82) is 0 Å². The molecule has 0 saturated heterocycles. The molecule has 0 bridgehead atoms. The molecule has 1 N–H and O–H groups in total. The molecular weight excluding hydrogens is 216 g/mol. The number of hydrogen-bond acceptors (Lipinski definition) is 2. The molecule has 1 aliphatic rings. The molecule has 3 heteroatoms. The smallest absolute Gasteiger partial charge is 0.328 e. The average Bonchev–Trinajstić information content (AvgIpc) is 2.25. The van der Waals surface area contributed by atoms with Gasteiger partial charge in [-0.25, -0.2) is 4.79 Å². The zero-order valence-corrected chi connectivity index (χ0v) is 9.85. The van der Waals surface area contributed by atoms with Crippen LogP contribution in [0.2, 0.25) is 0 Å². The summed E-state index contributed by atoms with van der Waals surface area (Å²) in [5.74, 6) is 0.319. The predicted molar refractivity (Wildman–Crippen MR) is 65.9 cm³/mol. The molecule has 0 atom stereocenters. The van der Waals surface area contributed by atoms with E-state index in [1.165, 1.54) is 12.5 Å². The number of methoxy groups -OCH3 is 1. The molecule has 1 aromatic rings. The summed E-state index contributed by atoms with van der Waals surface area (Å²) >= 11 is 0. The summed E-state index contributed by atoms with van der Waals surface area (Å²) in [4.78, 5) is 10.8. The monoisotopic (exact) mass is 232 g/mol. The first-order chi connectivity index (χ1) is 8.20. The van der Waals surface area contributed by atoms with Crippen LogP contribution in [0.5, 0.6) is 5.75 Å². The van der Waals surface area contributed by atoms with E-state index < -0.39 is 5.97 Å². The Morgan fingerprint density at radius 1 is 1.35 bits per heavy atom. The molecule has 2 rings (SSSR count). The molecule has 0 aromatic heterocycles. The van der Waals surface area contributed by atoms with E-state index in [9.17, 15) is 4.79 Å². The van der Waals surface area contributed by atoms with E-state index in [0.29, 0.717) is 5.92 Å². The molecule has 3 nitrogen and oxygen atoms in total. The lowest BCUT2D eigenvalue weighted by Crippen LogP contribution is -2.14. The van der Waals surface area contributed by atoms with Crippen LogP contribution >= 0.6 is 0 Å². The summed E-state index contributed by atoms with van der Waals surface area (Å²) in [6.45, 7) is 0. The van der Waals surface area contributed by atoms with Gasteiger partial charge < -0.3 is 9.84 Å². The topological polar surface area (TPSA) is 46.5 Å². The Bertz CT molecular complexity index is 427. The Hall–Kier alpha value is -1.77. The van der Waals surface area contributed by atoms with Gasteiger partial charge in [-0.1, -0.05) is 18.6 Å². The molecule has 0 unspecified atom stereocenters. The number of carboxylic acids is 1. The van der Waals surface area contributed by atoms with Gasteiger partial charge in [-0.15, -0.1) is 0 Å². The third kappa shape index (κ3) is 2.67. The Balaban J connectivity index is 2.27. The summed E-state index contributed by atoms with van der Waals surface area (Å²) < 4.78 is 5.10. The molecule has 17 heavy (non-hydrogen) atoms. The van der Waals surface area contributed by atoms with Crippen LogP contribution in [0.25, 0.3) is 5.57 Å². The van der Waals surface area contributed by atoms with Gasteiger partial charge in [-0.2, -0.15) is 0 Å². The van der Waals surface area contributed by atoms with E-state index in [4.69, 9.17) is 9.84 Å². The Labute approximate surface area is 101 Å². The first kappa shape index (κ1) is 11.7. The summed E-state index contributed by atoms with van der Waals surface area (Å²) in [6.07, 6.45) is 4.71. The zero-order valence-electron chi connectivity index (χ0n) is 9.85. The van der Waals surface area contributed by atoms with Gasteiger partial charge in [-0.05, 0) is 42.0 Å². The molecular formula is C14H16O3. The number of hydrogen-bond donors (Lipinski definition) is 1. The van der Waals surface area contributed by atoms with Crippen LogP contribution in [-0.2, 0) is 4.79 Å². The lowest BCUT2D eigenvalue weighted by atomic mass is 9.77.